The van der Waals surface area contributed by atoms with E-state index >= 15 is 0 Å². The third-order valence-corrected chi connectivity index (χ3v) is 4.76. The highest BCUT2D eigenvalue weighted by Gasteiger charge is 2.41. The van der Waals surface area contributed by atoms with Gasteiger partial charge in [0.2, 0.25) is 5.91 Å². The first-order valence-electron chi connectivity index (χ1n) is 8.52. The number of carbonyl (C=O) groups excluding carboxylic acids is 2. The van der Waals surface area contributed by atoms with E-state index in [1.807, 2.05) is 12.1 Å². The number of nitrogens with one attached hydrogen (secondary N) is 1. The van der Waals surface area contributed by atoms with Gasteiger partial charge in [0.15, 0.2) is 0 Å². The maximum Gasteiger partial charge on any atom is 0.264 e. The van der Waals surface area contributed by atoms with Crippen molar-refractivity contribution in [3.63, 3.8) is 0 Å². The Balaban J connectivity index is 1.68. The lowest BCUT2D eigenvalue weighted by Gasteiger charge is -2.28. The van der Waals surface area contributed by atoms with Gasteiger partial charge in [-0.1, -0.05) is 0 Å². The Morgan fingerprint density at radius 2 is 2.08 bits per heavy atom. The maximum atomic E-state index is 13.1. The minimum atomic E-state index is -0.259. The highest BCUT2D eigenvalue weighted by Crippen LogP contribution is 2.31. The number of amides is 2. The van der Waals surface area contributed by atoms with Crippen molar-refractivity contribution in [1.29, 1.82) is 0 Å². The molecule has 1 aliphatic carbocycles. The summed E-state index contributed by atoms with van der Waals surface area (Å²) in [5, 5.41) is 4.07. The fourth-order valence-electron chi connectivity index (χ4n) is 3.32. The van der Waals surface area contributed by atoms with E-state index in [-0.39, 0.29) is 23.8 Å². The van der Waals surface area contributed by atoms with Crippen molar-refractivity contribution in [3.05, 3.63) is 36.3 Å². The lowest BCUT2D eigenvalue weighted by molar-refractivity contribution is -0.133. The van der Waals surface area contributed by atoms with Crippen LogP contribution in [0.4, 0.5) is 0 Å². The van der Waals surface area contributed by atoms with Crippen LogP contribution >= 0.6 is 0 Å². The van der Waals surface area contributed by atoms with Crippen molar-refractivity contribution in [2.24, 2.45) is 5.92 Å². The van der Waals surface area contributed by atoms with Crippen LogP contribution in [0.15, 0.2) is 30.7 Å². The van der Waals surface area contributed by atoms with E-state index in [1.54, 1.807) is 12.4 Å². The van der Waals surface area contributed by atoms with Crippen LogP contribution in [-0.2, 0) is 4.79 Å². The van der Waals surface area contributed by atoms with Crippen molar-refractivity contribution < 1.29 is 9.59 Å². The van der Waals surface area contributed by atoms with Gasteiger partial charge in [-0.25, -0.2) is 0 Å². The Bertz CT molecular complexity index is 776. The first-order chi connectivity index (χ1) is 11.8. The zero-order valence-corrected chi connectivity index (χ0v) is 13.4. The Morgan fingerprint density at radius 1 is 1.21 bits per heavy atom. The summed E-state index contributed by atoms with van der Waals surface area (Å²) < 4.78 is 0. The van der Waals surface area contributed by atoms with Crippen LogP contribution in [0.1, 0.15) is 36.0 Å². The molecule has 0 bridgehead atoms. The molecule has 0 radical (unpaired) electrons. The van der Waals surface area contributed by atoms with Gasteiger partial charge in [-0.05, 0) is 44.4 Å². The summed E-state index contributed by atoms with van der Waals surface area (Å²) in [6.07, 6.45) is 8.47. The molecule has 1 saturated heterocycles. The highest BCUT2D eigenvalue weighted by atomic mass is 16.2. The summed E-state index contributed by atoms with van der Waals surface area (Å²) in [6, 6.07) is 3.72. The average Bonchev–Trinajstić information content (AvgIpc) is 3.47. The molecule has 124 valence electrons. The molecule has 0 aromatic carbocycles. The normalized spacial score (nSPS) is 20.8. The molecule has 1 atom stereocenters. The lowest BCUT2D eigenvalue weighted by Crippen LogP contribution is -2.46. The number of carbonyl (C=O) groups is 2. The fraction of sp³-hybridized carbons (Fsp3) is 0.444. The molecular weight excluding hydrogens is 304 g/mol. The lowest BCUT2D eigenvalue weighted by atomic mass is 9.97. The number of rotatable bonds is 3. The number of aromatic nitrogens is 2. The summed E-state index contributed by atoms with van der Waals surface area (Å²) in [4.78, 5) is 36.0. The maximum absolute atomic E-state index is 13.1. The molecule has 1 saturated carbocycles. The van der Waals surface area contributed by atoms with Crippen LogP contribution in [-0.4, -0.2) is 45.8 Å². The van der Waals surface area contributed by atoms with Gasteiger partial charge in [-0.3, -0.25) is 24.5 Å². The number of piperidine rings is 1. The smallest absolute Gasteiger partial charge is 0.264 e. The molecule has 2 fully saturated rings. The Labute approximate surface area is 140 Å². The van der Waals surface area contributed by atoms with E-state index in [9.17, 15) is 9.59 Å². The molecule has 1 N–H and O–H groups in total. The molecule has 24 heavy (non-hydrogen) atoms. The Hall–Kier alpha value is -2.34. The monoisotopic (exact) mass is 324 g/mol. The molecule has 0 spiro atoms. The van der Waals surface area contributed by atoms with Crippen molar-refractivity contribution in [3.8, 4) is 0 Å². The van der Waals surface area contributed by atoms with Gasteiger partial charge in [-0.2, -0.15) is 0 Å². The van der Waals surface area contributed by atoms with E-state index in [1.165, 1.54) is 11.1 Å². The quantitative estimate of drug-likeness (QED) is 0.871. The second kappa shape index (κ2) is 6.28. The number of hydrogen-bond acceptors (Lipinski definition) is 5. The van der Waals surface area contributed by atoms with E-state index in [2.05, 4.69) is 15.3 Å². The minimum Gasteiger partial charge on any atom is -0.316 e. The zero-order valence-electron chi connectivity index (χ0n) is 13.4. The predicted molar refractivity (Wildman–Crippen MR) is 89.3 cm³/mol. The average molecular weight is 324 g/mol. The van der Waals surface area contributed by atoms with Crippen LogP contribution in [0, 0.1) is 5.92 Å². The predicted octanol–water partition coefficient (Wildman–Crippen LogP) is 1.76. The molecule has 2 aromatic rings. The third kappa shape index (κ3) is 2.78. The summed E-state index contributed by atoms with van der Waals surface area (Å²) in [6.45, 7) is 1.60. The highest BCUT2D eigenvalue weighted by molar-refractivity contribution is 6.11. The number of pyridine rings is 2. The largest absolute Gasteiger partial charge is 0.316 e. The van der Waals surface area contributed by atoms with Crippen LogP contribution in [0.3, 0.4) is 0 Å². The van der Waals surface area contributed by atoms with Crippen LogP contribution in [0.5, 0.6) is 0 Å². The van der Waals surface area contributed by atoms with Crippen molar-refractivity contribution >= 4 is 22.7 Å². The van der Waals surface area contributed by atoms with Crippen molar-refractivity contribution in [1.82, 2.24) is 20.2 Å². The molecule has 2 aromatic heterocycles. The van der Waals surface area contributed by atoms with Gasteiger partial charge in [0, 0.05) is 36.6 Å². The number of hydrogen-bond donors (Lipinski definition) is 1. The van der Waals surface area contributed by atoms with Crippen molar-refractivity contribution in [2.45, 2.75) is 31.7 Å². The number of nitrogens with zero attached hydrogens (tertiary/aromatic N) is 3. The number of imide groups is 1. The van der Waals surface area contributed by atoms with E-state index < -0.39 is 0 Å². The fourth-order valence-corrected chi connectivity index (χ4v) is 3.32. The van der Waals surface area contributed by atoms with E-state index in [4.69, 9.17) is 0 Å². The minimum absolute atomic E-state index is 0.0332. The summed E-state index contributed by atoms with van der Waals surface area (Å²) >= 11 is 0. The SMILES string of the molecule is O=C(c1cncc2cccnc12)N(C(=O)C1CCCNC1)C1CC1. The molecule has 1 unspecified atom stereocenters. The van der Waals surface area contributed by atoms with Crippen LogP contribution in [0.2, 0.25) is 0 Å². The van der Waals surface area contributed by atoms with Gasteiger partial charge in [0.05, 0.1) is 17.0 Å². The van der Waals surface area contributed by atoms with Gasteiger partial charge in [0.1, 0.15) is 0 Å². The van der Waals surface area contributed by atoms with Crippen molar-refractivity contribution in [2.75, 3.05) is 13.1 Å². The summed E-state index contributed by atoms with van der Waals surface area (Å²) in [5.41, 5.74) is 1.02. The molecular formula is C18H20N4O2. The van der Waals surface area contributed by atoms with Gasteiger partial charge in [-0.15, -0.1) is 0 Å². The standard InChI is InChI=1S/C18H20N4O2/c23-17(13-4-1-7-19-10-13)22(14-5-6-14)18(24)15-11-20-9-12-3-2-8-21-16(12)15/h2-3,8-9,11,13-14,19H,1,4-7,10H2. The molecule has 1 aliphatic heterocycles. The van der Waals surface area contributed by atoms with Crippen LogP contribution in [0.25, 0.3) is 10.9 Å². The Kier molecular flexibility index (Phi) is 3.98. The molecule has 4 rings (SSSR count). The molecule has 2 aliphatic rings. The van der Waals surface area contributed by atoms with E-state index in [0.29, 0.717) is 17.6 Å². The third-order valence-electron chi connectivity index (χ3n) is 4.76. The molecule has 6 nitrogen and oxygen atoms in total. The first-order valence-corrected chi connectivity index (χ1v) is 8.52. The second-order valence-corrected chi connectivity index (χ2v) is 6.55. The van der Waals surface area contributed by atoms with Gasteiger partial charge >= 0.3 is 0 Å². The zero-order chi connectivity index (χ0) is 16.5. The summed E-state index contributed by atoms with van der Waals surface area (Å²) in [7, 11) is 0. The molecule has 3 heterocycles. The van der Waals surface area contributed by atoms with E-state index in [0.717, 1.165) is 37.6 Å². The second-order valence-electron chi connectivity index (χ2n) is 6.55. The Morgan fingerprint density at radius 3 is 2.83 bits per heavy atom. The summed E-state index contributed by atoms with van der Waals surface area (Å²) in [5.74, 6) is -0.424. The molecule has 2 amide bonds. The van der Waals surface area contributed by atoms with Crippen LogP contribution < -0.4 is 5.32 Å². The van der Waals surface area contributed by atoms with Gasteiger partial charge in [0.25, 0.3) is 5.91 Å². The number of fused-ring (bicyclic) bond motifs is 1. The van der Waals surface area contributed by atoms with Gasteiger partial charge < -0.3 is 5.32 Å². The topological polar surface area (TPSA) is 75.2 Å². The molecule has 6 heteroatoms. The first kappa shape index (κ1) is 15.2.